The second kappa shape index (κ2) is 11.5. The summed E-state index contributed by atoms with van der Waals surface area (Å²) in [5.41, 5.74) is 0.699. The largest absolute Gasteiger partial charge is 0.480 e. The van der Waals surface area contributed by atoms with Gasteiger partial charge in [0.25, 0.3) is 15.9 Å². The fourth-order valence-electron chi connectivity index (χ4n) is 3.67. The number of carbonyl (C=O) groups is 4. The number of alkyl carbamates (subject to hydrolysis) is 1. The predicted octanol–water partition coefficient (Wildman–Crippen LogP) is 1.73. The Morgan fingerprint density at radius 1 is 0.921 bits per heavy atom. The SMILES string of the molecule is CC(C)(C)OC(=O)N[C@@H](Cc1ccccc1)C(=O)N[C@@H](Cc1ccc(C2=CC(=O)NS2(=O)=O)cc1)C(=O)O. The number of hydrogen-bond donors (Lipinski definition) is 4. The molecule has 0 unspecified atom stereocenters. The first-order valence-corrected chi connectivity index (χ1v) is 13.2. The normalized spacial score (nSPS) is 16.0. The van der Waals surface area contributed by atoms with E-state index in [2.05, 4.69) is 10.6 Å². The number of aliphatic carboxylic acids is 1. The Morgan fingerprint density at radius 3 is 2.03 bits per heavy atom. The molecular formula is C26H29N3O8S. The van der Waals surface area contributed by atoms with Gasteiger partial charge in [-0.3, -0.25) is 9.59 Å². The molecule has 4 N–H and O–H groups in total. The molecule has 0 aliphatic carbocycles. The molecule has 0 spiro atoms. The van der Waals surface area contributed by atoms with Crippen LogP contribution in [0.4, 0.5) is 4.79 Å². The van der Waals surface area contributed by atoms with Gasteiger partial charge in [-0.25, -0.2) is 22.7 Å². The highest BCUT2D eigenvalue weighted by molar-refractivity contribution is 7.99. The third kappa shape index (κ3) is 7.90. The van der Waals surface area contributed by atoms with Crippen molar-refractivity contribution >= 4 is 38.8 Å². The number of nitrogens with one attached hydrogen (secondary N) is 3. The molecule has 2 aromatic carbocycles. The highest BCUT2D eigenvalue weighted by Crippen LogP contribution is 2.24. The Hall–Kier alpha value is -4.19. The van der Waals surface area contributed by atoms with Gasteiger partial charge in [-0.15, -0.1) is 0 Å². The molecule has 11 nitrogen and oxygen atoms in total. The summed E-state index contributed by atoms with van der Waals surface area (Å²) in [6.45, 7) is 5.03. The van der Waals surface area contributed by atoms with Gasteiger partial charge in [-0.05, 0) is 37.5 Å². The number of amides is 3. The lowest BCUT2D eigenvalue weighted by molar-refractivity contribution is -0.142. The van der Waals surface area contributed by atoms with Crippen molar-refractivity contribution < 1.29 is 37.4 Å². The minimum atomic E-state index is -3.95. The predicted molar refractivity (Wildman–Crippen MR) is 138 cm³/mol. The number of hydrogen-bond acceptors (Lipinski definition) is 7. The van der Waals surface area contributed by atoms with Crippen LogP contribution in [-0.2, 0) is 42.0 Å². The molecule has 202 valence electrons. The molecule has 2 aromatic rings. The van der Waals surface area contributed by atoms with Gasteiger partial charge in [-0.2, -0.15) is 0 Å². The summed E-state index contributed by atoms with van der Waals surface area (Å²) in [4.78, 5) is 48.7. The Labute approximate surface area is 220 Å². The highest BCUT2D eigenvalue weighted by atomic mass is 32.2. The fraction of sp³-hybridized carbons (Fsp3) is 0.308. The van der Waals surface area contributed by atoms with Crippen LogP contribution in [0, 0.1) is 0 Å². The summed E-state index contributed by atoms with van der Waals surface area (Å²) in [5, 5.41) is 14.7. The van der Waals surface area contributed by atoms with Gasteiger partial charge in [0.2, 0.25) is 5.91 Å². The van der Waals surface area contributed by atoms with Crippen molar-refractivity contribution in [2.45, 2.75) is 51.3 Å². The Balaban J connectivity index is 1.74. The first-order valence-electron chi connectivity index (χ1n) is 11.7. The molecule has 1 aliphatic heterocycles. The summed E-state index contributed by atoms with van der Waals surface area (Å²) in [7, 11) is -3.95. The van der Waals surface area contributed by atoms with Gasteiger partial charge in [0.05, 0.1) is 0 Å². The van der Waals surface area contributed by atoms with Crippen LogP contribution in [-0.4, -0.2) is 55.1 Å². The number of rotatable bonds is 9. The van der Waals surface area contributed by atoms with Crippen LogP contribution in [0.3, 0.4) is 0 Å². The van der Waals surface area contributed by atoms with Crippen molar-refractivity contribution in [2.24, 2.45) is 0 Å². The fourth-order valence-corrected chi connectivity index (χ4v) is 4.82. The third-order valence-electron chi connectivity index (χ3n) is 5.37. The second-order valence-corrected chi connectivity index (χ2v) is 11.3. The first kappa shape index (κ1) is 28.4. The van der Waals surface area contributed by atoms with Gasteiger partial charge in [-0.1, -0.05) is 54.6 Å². The summed E-state index contributed by atoms with van der Waals surface area (Å²) in [6, 6.07) is 12.4. The molecule has 1 aliphatic rings. The van der Waals surface area contributed by atoms with E-state index < -0.39 is 51.6 Å². The van der Waals surface area contributed by atoms with Crippen LogP contribution in [0.1, 0.15) is 37.5 Å². The van der Waals surface area contributed by atoms with Crippen LogP contribution in [0.2, 0.25) is 0 Å². The van der Waals surface area contributed by atoms with E-state index in [0.717, 1.165) is 11.6 Å². The number of carboxylic acids is 1. The zero-order valence-electron chi connectivity index (χ0n) is 21.1. The number of ether oxygens (including phenoxy) is 1. The zero-order valence-corrected chi connectivity index (χ0v) is 21.9. The summed E-state index contributed by atoms with van der Waals surface area (Å²) in [6.07, 6.45) is 0.132. The van der Waals surface area contributed by atoms with E-state index in [1.165, 1.54) is 24.3 Å². The minimum absolute atomic E-state index is 0.100. The van der Waals surface area contributed by atoms with Gasteiger partial charge in [0, 0.05) is 18.9 Å². The standard InChI is InChI=1S/C26H29N3O8S/c1-26(2,3)37-25(34)28-19(13-16-7-5-4-6-8-16)23(31)27-20(24(32)33)14-17-9-11-18(12-10-17)21-15-22(30)29-38(21,35)36/h4-12,15,19-20H,13-14H2,1-3H3,(H,27,31)(H,28,34)(H,29,30)(H,32,33)/t19-,20-/m0/s1. The molecular weight excluding hydrogens is 514 g/mol. The molecule has 12 heteroatoms. The quantitative estimate of drug-likeness (QED) is 0.371. The molecule has 0 aromatic heterocycles. The van der Waals surface area contributed by atoms with Crippen molar-refractivity contribution in [3.63, 3.8) is 0 Å². The van der Waals surface area contributed by atoms with Crippen LogP contribution in [0.5, 0.6) is 0 Å². The summed E-state index contributed by atoms with van der Waals surface area (Å²) in [5.74, 6) is -2.76. The summed E-state index contributed by atoms with van der Waals surface area (Å²) < 4.78 is 31.2. The molecule has 38 heavy (non-hydrogen) atoms. The average molecular weight is 544 g/mol. The second-order valence-electron chi connectivity index (χ2n) is 9.67. The van der Waals surface area contributed by atoms with Crippen molar-refractivity contribution in [1.82, 2.24) is 15.4 Å². The minimum Gasteiger partial charge on any atom is -0.480 e. The lowest BCUT2D eigenvalue weighted by Crippen LogP contribution is -2.53. The lowest BCUT2D eigenvalue weighted by Gasteiger charge is -2.24. The first-order chi connectivity index (χ1) is 17.7. The number of carbonyl (C=O) groups excluding carboxylic acids is 3. The maximum absolute atomic E-state index is 13.1. The van der Waals surface area contributed by atoms with E-state index in [4.69, 9.17) is 4.74 Å². The number of carboxylic acid groups (broad SMARTS) is 1. The molecule has 0 radical (unpaired) electrons. The van der Waals surface area contributed by atoms with E-state index in [-0.39, 0.29) is 23.3 Å². The van der Waals surface area contributed by atoms with Crippen molar-refractivity contribution in [1.29, 1.82) is 0 Å². The number of benzene rings is 2. The van der Waals surface area contributed by atoms with E-state index in [1.807, 2.05) is 4.72 Å². The summed E-state index contributed by atoms with van der Waals surface area (Å²) >= 11 is 0. The molecule has 0 saturated heterocycles. The molecule has 1 heterocycles. The molecule has 0 saturated carbocycles. The Bertz CT molecular complexity index is 1350. The van der Waals surface area contributed by atoms with Gasteiger partial charge in [0.1, 0.15) is 22.6 Å². The molecule has 0 fully saturated rings. The van der Waals surface area contributed by atoms with Gasteiger partial charge < -0.3 is 20.5 Å². The van der Waals surface area contributed by atoms with Crippen molar-refractivity contribution in [3.05, 3.63) is 77.4 Å². The van der Waals surface area contributed by atoms with E-state index >= 15 is 0 Å². The smallest absolute Gasteiger partial charge is 0.408 e. The Kier molecular flexibility index (Phi) is 8.56. The van der Waals surface area contributed by atoms with E-state index in [0.29, 0.717) is 5.56 Å². The maximum Gasteiger partial charge on any atom is 0.408 e. The maximum atomic E-state index is 13.1. The molecule has 2 atom stereocenters. The van der Waals surface area contributed by atoms with Crippen molar-refractivity contribution in [2.75, 3.05) is 0 Å². The van der Waals surface area contributed by atoms with Crippen LogP contribution < -0.4 is 15.4 Å². The Morgan fingerprint density at radius 2 is 1.50 bits per heavy atom. The third-order valence-corrected chi connectivity index (χ3v) is 6.77. The lowest BCUT2D eigenvalue weighted by atomic mass is 10.0. The monoisotopic (exact) mass is 543 g/mol. The molecule has 3 amide bonds. The zero-order chi connectivity index (χ0) is 28.1. The van der Waals surface area contributed by atoms with Crippen LogP contribution in [0.25, 0.3) is 4.91 Å². The molecule has 0 bridgehead atoms. The van der Waals surface area contributed by atoms with E-state index in [1.54, 1.807) is 51.1 Å². The van der Waals surface area contributed by atoms with Gasteiger partial charge in [0.15, 0.2) is 0 Å². The highest BCUT2D eigenvalue weighted by Gasteiger charge is 2.30. The number of sulfonamides is 1. The van der Waals surface area contributed by atoms with Crippen molar-refractivity contribution in [3.8, 4) is 0 Å². The average Bonchev–Trinajstić information content (AvgIpc) is 3.09. The van der Waals surface area contributed by atoms with Crippen LogP contribution in [0.15, 0.2) is 60.7 Å². The molecule has 3 rings (SSSR count). The topological polar surface area (TPSA) is 168 Å². The van der Waals surface area contributed by atoms with E-state index in [9.17, 15) is 32.7 Å². The van der Waals surface area contributed by atoms with Crippen LogP contribution >= 0.6 is 0 Å². The van der Waals surface area contributed by atoms with Gasteiger partial charge >= 0.3 is 12.1 Å².